The van der Waals surface area contributed by atoms with Gasteiger partial charge in [-0.05, 0) is 54.1 Å². The van der Waals surface area contributed by atoms with Gasteiger partial charge >= 0.3 is 0 Å². The molecule has 0 spiro atoms. The fourth-order valence-corrected chi connectivity index (χ4v) is 2.37. The number of aromatic nitrogens is 1. The molecule has 3 rings (SSSR count). The minimum absolute atomic E-state index is 1.02. The largest absolute Gasteiger partial charge is 0.358 e. The Morgan fingerprint density at radius 1 is 1.20 bits per heavy atom. The van der Waals surface area contributed by atoms with Crippen LogP contribution in [0.4, 0.5) is 0 Å². The number of hydrogen-bond acceptors (Lipinski definition) is 1. The third kappa shape index (κ3) is 1.45. The lowest BCUT2D eigenvalue weighted by Gasteiger charge is -2.16. The number of nitrogens with one attached hydrogen (secondary N) is 2. The Morgan fingerprint density at radius 2 is 2.13 bits per heavy atom. The first-order valence-electron chi connectivity index (χ1n) is 5.71. The van der Waals surface area contributed by atoms with E-state index in [0.717, 1.165) is 25.9 Å². The van der Waals surface area contributed by atoms with Gasteiger partial charge in [-0.1, -0.05) is 6.92 Å². The van der Waals surface area contributed by atoms with Gasteiger partial charge in [0.1, 0.15) is 0 Å². The first-order chi connectivity index (χ1) is 7.36. The first kappa shape index (κ1) is 8.98. The normalized spacial score (nSPS) is 15.5. The summed E-state index contributed by atoms with van der Waals surface area (Å²) in [7, 11) is 0. The predicted octanol–water partition coefficient (Wildman–Crippen LogP) is 2.38. The highest BCUT2D eigenvalue weighted by Crippen LogP contribution is 2.23. The summed E-state index contributed by atoms with van der Waals surface area (Å²) in [5.41, 5.74) is 5.59. The van der Waals surface area contributed by atoms with Crippen LogP contribution in [0, 0.1) is 0 Å². The van der Waals surface area contributed by atoms with Gasteiger partial charge in [-0.3, -0.25) is 0 Å². The van der Waals surface area contributed by atoms with Crippen molar-refractivity contribution in [3.05, 3.63) is 35.0 Å². The monoisotopic (exact) mass is 200 g/mol. The molecule has 2 aromatic rings. The number of rotatable bonds is 1. The molecule has 1 aliphatic heterocycles. The van der Waals surface area contributed by atoms with Gasteiger partial charge in [0, 0.05) is 17.8 Å². The molecule has 2 heteroatoms. The fourth-order valence-electron chi connectivity index (χ4n) is 2.37. The van der Waals surface area contributed by atoms with Gasteiger partial charge in [-0.15, -0.1) is 0 Å². The third-order valence-corrected chi connectivity index (χ3v) is 3.26. The summed E-state index contributed by atoms with van der Waals surface area (Å²) in [4.78, 5) is 3.47. The molecule has 0 fully saturated rings. The molecule has 1 aromatic heterocycles. The lowest BCUT2D eigenvalue weighted by atomic mass is 9.99. The second kappa shape index (κ2) is 3.38. The van der Waals surface area contributed by atoms with Crippen molar-refractivity contribution in [1.82, 2.24) is 10.3 Å². The van der Waals surface area contributed by atoms with E-state index < -0.39 is 0 Å². The van der Waals surface area contributed by atoms with Crippen LogP contribution in [0.15, 0.2) is 18.2 Å². The Morgan fingerprint density at radius 3 is 3.00 bits per heavy atom. The molecular formula is C13H16N2. The van der Waals surface area contributed by atoms with Gasteiger partial charge in [0.2, 0.25) is 0 Å². The second-order valence-corrected chi connectivity index (χ2v) is 4.28. The molecule has 0 saturated heterocycles. The fraction of sp³-hybridized carbons (Fsp3) is 0.385. The number of fused-ring (bicyclic) bond motifs is 2. The standard InChI is InChI=1S/C13H16N2/c1-2-12-6-10-5-9-3-4-14-8-11(9)7-13(10)15-12/h5-7,14-15H,2-4,8H2,1H3. The van der Waals surface area contributed by atoms with Crippen molar-refractivity contribution in [1.29, 1.82) is 0 Å². The van der Waals surface area contributed by atoms with Gasteiger partial charge in [-0.25, -0.2) is 0 Å². The zero-order valence-electron chi connectivity index (χ0n) is 9.06. The van der Waals surface area contributed by atoms with Crippen LogP contribution < -0.4 is 5.32 Å². The highest BCUT2D eigenvalue weighted by Gasteiger charge is 2.10. The molecule has 2 N–H and O–H groups in total. The third-order valence-electron chi connectivity index (χ3n) is 3.26. The summed E-state index contributed by atoms with van der Waals surface area (Å²) in [6, 6.07) is 6.93. The Bertz CT molecular complexity index is 453. The average molecular weight is 200 g/mol. The SMILES string of the molecule is CCc1cc2cc3c(cc2[nH]1)CNCC3. The second-order valence-electron chi connectivity index (χ2n) is 4.28. The van der Waals surface area contributed by atoms with E-state index in [1.165, 1.54) is 27.7 Å². The quantitative estimate of drug-likeness (QED) is 0.726. The van der Waals surface area contributed by atoms with Crippen molar-refractivity contribution < 1.29 is 0 Å². The molecule has 0 bridgehead atoms. The summed E-state index contributed by atoms with van der Waals surface area (Å²) in [6.07, 6.45) is 2.25. The molecule has 0 radical (unpaired) electrons. The van der Waals surface area contributed by atoms with Crippen LogP contribution in [-0.2, 0) is 19.4 Å². The van der Waals surface area contributed by atoms with Gasteiger partial charge in [-0.2, -0.15) is 0 Å². The predicted molar refractivity (Wildman–Crippen MR) is 63.1 cm³/mol. The molecule has 1 aromatic carbocycles. The molecule has 78 valence electrons. The number of benzene rings is 1. The van der Waals surface area contributed by atoms with Crippen LogP contribution in [0.2, 0.25) is 0 Å². The Kier molecular flexibility index (Phi) is 2.03. The molecule has 0 saturated carbocycles. The number of aryl methyl sites for hydroxylation is 1. The lowest BCUT2D eigenvalue weighted by molar-refractivity contribution is 0.645. The van der Waals surface area contributed by atoms with Crippen LogP contribution in [0.3, 0.4) is 0 Å². The van der Waals surface area contributed by atoms with Crippen LogP contribution >= 0.6 is 0 Å². The molecule has 2 nitrogen and oxygen atoms in total. The summed E-state index contributed by atoms with van der Waals surface area (Å²) >= 11 is 0. The van der Waals surface area contributed by atoms with Crippen molar-refractivity contribution in [3.63, 3.8) is 0 Å². The van der Waals surface area contributed by atoms with E-state index in [-0.39, 0.29) is 0 Å². The molecule has 0 amide bonds. The zero-order valence-corrected chi connectivity index (χ0v) is 9.06. The van der Waals surface area contributed by atoms with Crippen molar-refractivity contribution in [2.75, 3.05) is 6.54 Å². The van der Waals surface area contributed by atoms with Crippen LogP contribution in [0.5, 0.6) is 0 Å². The molecule has 0 atom stereocenters. The molecule has 15 heavy (non-hydrogen) atoms. The van der Waals surface area contributed by atoms with E-state index in [0.29, 0.717) is 0 Å². The maximum atomic E-state index is 3.47. The highest BCUT2D eigenvalue weighted by atomic mass is 14.9. The van der Waals surface area contributed by atoms with Crippen LogP contribution in [-0.4, -0.2) is 11.5 Å². The maximum absolute atomic E-state index is 3.47. The van der Waals surface area contributed by atoms with Gasteiger partial charge in [0.05, 0.1) is 0 Å². The molecule has 2 heterocycles. The van der Waals surface area contributed by atoms with Gasteiger partial charge in [0.25, 0.3) is 0 Å². The summed E-state index contributed by atoms with van der Waals surface area (Å²) in [5.74, 6) is 0. The highest BCUT2D eigenvalue weighted by molar-refractivity contribution is 5.82. The molecule has 0 aliphatic carbocycles. The van der Waals surface area contributed by atoms with E-state index in [1.54, 1.807) is 0 Å². The lowest BCUT2D eigenvalue weighted by Crippen LogP contribution is -2.23. The Hall–Kier alpha value is -1.28. The minimum atomic E-state index is 1.02. The number of hydrogen-bond donors (Lipinski definition) is 2. The van der Waals surface area contributed by atoms with Crippen molar-refractivity contribution in [3.8, 4) is 0 Å². The van der Waals surface area contributed by atoms with Crippen molar-refractivity contribution in [2.24, 2.45) is 0 Å². The Labute approximate surface area is 89.7 Å². The topological polar surface area (TPSA) is 27.8 Å². The van der Waals surface area contributed by atoms with E-state index in [9.17, 15) is 0 Å². The first-order valence-corrected chi connectivity index (χ1v) is 5.71. The summed E-state index contributed by atoms with van der Waals surface area (Å²) in [5, 5.41) is 4.78. The van der Waals surface area contributed by atoms with Gasteiger partial charge < -0.3 is 10.3 Å². The number of aromatic amines is 1. The van der Waals surface area contributed by atoms with Gasteiger partial charge in [0.15, 0.2) is 0 Å². The van der Waals surface area contributed by atoms with Crippen molar-refractivity contribution in [2.45, 2.75) is 26.3 Å². The Balaban J connectivity index is 2.19. The zero-order chi connectivity index (χ0) is 10.3. The van der Waals surface area contributed by atoms with Crippen LogP contribution in [0.1, 0.15) is 23.7 Å². The van der Waals surface area contributed by atoms with E-state index in [1.807, 2.05) is 0 Å². The van der Waals surface area contributed by atoms with Crippen LogP contribution in [0.25, 0.3) is 10.9 Å². The smallest absolute Gasteiger partial charge is 0.0459 e. The summed E-state index contributed by atoms with van der Waals surface area (Å²) in [6.45, 7) is 4.32. The molecule has 0 unspecified atom stereocenters. The number of H-pyrrole nitrogens is 1. The summed E-state index contributed by atoms with van der Waals surface area (Å²) < 4.78 is 0. The molecule has 1 aliphatic rings. The van der Waals surface area contributed by atoms with Crippen molar-refractivity contribution >= 4 is 10.9 Å². The minimum Gasteiger partial charge on any atom is -0.358 e. The van der Waals surface area contributed by atoms with E-state index in [2.05, 4.69) is 35.4 Å². The molecular weight excluding hydrogens is 184 g/mol. The average Bonchev–Trinajstić information content (AvgIpc) is 2.67. The van der Waals surface area contributed by atoms with E-state index in [4.69, 9.17) is 0 Å². The maximum Gasteiger partial charge on any atom is 0.0459 e. The van der Waals surface area contributed by atoms with E-state index >= 15 is 0 Å².